The zero-order valence-electron chi connectivity index (χ0n) is 12.7. The second kappa shape index (κ2) is 10.6. The fourth-order valence-electron chi connectivity index (χ4n) is 1.96. The van der Waals surface area contributed by atoms with Gasteiger partial charge in [-0.3, -0.25) is 9.69 Å². The first-order valence-corrected chi connectivity index (χ1v) is 6.80. The molecule has 3 nitrogen and oxygen atoms in total. The molecule has 0 heterocycles. The lowest BCUT2D eigenvalue weighted by atomic mass is 10.1. The van der Waals surface area contributed by atoms with Crippen LogP contribution in [0, 0.1) is 5.92 Å². The molecule has 0 saturated carbocycles. The van der Waals surface area contributed by atoms with E-state index < -0.39 is 5.97 Å². The van der Waals surface area contributed by atoms with Crippen molar-refractivity contribution in [3.05, 3.63) is 0 Å². The predicted molar refractivity (Wildman–Crippen MR) is 74.4 cm³/mol. The van der Waals surface area contributed by atoms with Crippen LogP contribution < -0.4 is 0 Å². The van der Waals surface area contributed by atoms with Gasteiger partial charge in [-0.1, -0.05) is 20.8 Å². The maximum absolute atomic E-state index is 10.2. The van der Waals surface area contributed by atoms with Crippen LogP contribution in [-0.2, 0) is 4.79 Å². The van der Waals surface area contributed by atoms with Gasteiger partial charge in [0.15, 0.2) is 0 Å². The molecule has 0 fully saturated rings. The smallest absolute Gasteiger partial charge is 0.306 e. The summed E-state index contributed by atoms with van der Waals surface area (Å²) in [6.07, 6.45) is 1.48. The third-order valence-corrected chi connectivity index (χ3v) is 3.03. The fourth-order valence-corrected chi connectivity index (χ4v) is 1.96. The highest BCUT2D eigenvalue weighted by atomic mass is 16.4. The van der Waals surface area contributed by atoms with Crippen molar-refractivity contribution >= 4 is 5.97 Å². The van der Waals surface area contributed by atoms with Crippen LogP contribution in [0.3, 0.4) is 0 Å². The maximum Gasteiger partial charge on any atom is 0.306 e. The van der Waals surface area contributed by atoms with Gasteiger partial charge in [-0.05, 0) is 47.1 Å². The fraction of sp³-hybridized carbons (Fsp3) is 0.929. The van der Waals surface area contributed by atoms with E-state index in [0.29, 0.717) is 12.1 Å². The average Bonchev–Trinajstić information content (AvgIpc) is 2.19. The number of hydrogen-bond acceptors (Lipinski definition) is 2. The van der Waals surface area contributed by atoms with Gasteiger partial charge in [-0.25, -0.2) is 0 Å². The molecule has 104 valence electrons. The van der Waals surface area contributed by atoms with Crippen LogP contribution in [0.5, 0.6) is 0 Å². The van der Waals surface area contributed by atoms with Crippen molar-refractivity contribution in [2.24, 2.45) is 5.92 Å². The first-order chi connectivity index (χ1) is 7.81. The Labute approximate surface area is 107 Å². The highest BCUT2D eigenvalue weighted by Crippen LogP contribution is 2.05. The molecule has 1 N–H and O–H groups in total. The summed E-state index contributed by atoms with van der Waals surface area (Å²) >= 11 is 0. The van der Waals surface area contributed by atoms with Crippen molar-refractivity contribution in [3.8, 4) is 0 Å². The number of nitrogens with zero attached hydrogens (tertiary/aromatic N) is 1. The molecule has 0 saturated heterocycles. The minimum atomic E-state index is -0.671. The Bertz CT molecular complexity index is 179. The largest absolute Gasteiger partial charge is 0.481 e. The summed E-state index contributed by atoms with van der Waals surface area (Å²) < 4.78 is 0. The molecule has 3 heteroatoms. The van der Waals surface area contributed by atoms with E-state index in [-0.39, 0.29) is 5.92 Å². The number of rotatable bonds is 6. The molecule has 0 rings (SSSR count). The van der Waals surface area contributed by atoms with Crippen molar-refractivity contribution in [1.29, 1.82) is 0 Å². The van der Waals surface area contributed by atoms with Gasteiger partial charge in [-0.15, -0.1) is 0 Å². The Morgan fingerprint density at radius 2 is 1.35 bits per heavy atom. The number of carboxylic acids is 1. The van der Waals surface area contributed by atoms with E-state index in [1.54, 1.807) is 0 Å². The number of aliphatic carboxylic acids is 1. The Morgan fingerprint density at radius 3 is 1.35 bits per heavy atom. The second-order valence-corrected chi connectivity index (χ2v) is 4.87. The minimum Gasteiger partial charge on any atom is -0.481 e. The molecule has 0 bridgehead atoms. The van der Waals surface area contributed by atoms with E-state index in [2.05, 4.69) is 39.5 Å². The standard InChI is InChI=1S/C8H19N.C6H12O2/c1-6-9(7(2)3)8(4)5;1-3-5(4-2)6(7)8/h7-8H,6H2,1-5H3;5H,3-4H2,1-2H3,(H,7,8). The van der Waals surface area contributed by atoms with Crippen molar-refractivity contribution in [2.45, 2.75) is 73.4 Å². The van der Waals surface area contributed by atoms with E-state index in [1.807, 2.05) is 13.8 Å². The normalized spacial score (nSPS) is 11.0. The first kappa shape index (κ1) is 18.8. The molecular weight excluding hydrogens is 214 g/mol. The van der Waals surface area contributed by atoms with Crippen LogP contribution >= 0.6 is 0 Å². The summed E-state index contributed by atoms with van der Waals surface area (Å²) in [5.41, 5.74) is 0. The summed E-state index contributed by atoms with van der Waals surface area (Å²) in [5, 5.41) is 8.37. The molecule has 0 amide bonds. The Morgan fingerprint density at radius 1 is 1.00 bits per heavy atom. The third-order valence-electron chi connectivity index (χ3n) is 3.03. The highest BCUT2D eigenvalue weighted by Gasteiger charge is 2.10. The van der Waals surface area contributed by atoms with E-state index >= 15 is 0 Å². The molecule has 0 aliphatic heterocycles. The topological polar surface area (TPSA) is 40.5 Å². The van der Waals surface area contributed by atoms with Gasteiger partial charge >= 0.3 is 5.97 Å². The predicted octanol–water partition coefficient (Wildman–Crippen LogP) is 3.63. The molecule has 0 aromatic heterocycles. The molecule has 0 aliphatic carbocycles. The maximum atomic E-state index is 10.2. The molecule has 0 atom stereocenters. The minimum absolute atomic E-state index is 0.130. The molecule has 0 spiro atoms. The van der Waals surface area contributed by atoms with E-state index in [0.717, 1.165) is 19.4 Å². The van der Waals surface area contributed by atoms with Gasteiger partial charge < -0.3 is 5.11 Å². The molecule has 17 heavy (non-hydrogen) atoms. The van der Waals surface area contributed by atoms with Gasteiger partial charge in [0, 0.05) is 12.1 Å². The second-order valence-electron chi connectivity index (χ2n) is 4.87. The van der Waals surface area contributed by atoms with Crippen LogP contribution in [0.4, 0.5) is 0 Å². The van der Waals surface area contributed by atoms with Crippen LogP contribution in [0.25, 0.3) is 0 Å². The van der Waals surface area contributed by atoms with Gasteiger partial charge in [-0.2, -0.15) is 0 Å². The van der Waals surface area contributed by atoms with E-state index in [4.69, 9.17) is 5.11 Å². The highest BCUT2D eigenvalue weighted by molar-refractivity contribution is 5.69. The van der Waals surface area contributed by atoms with Crippen molar-refractivity contribution in [1.82, 2.24) is 4.90 Å². The van der Waals surface area contributed by atoms with E-state index in [1.165, 1.54) is 0 Å². The summed E-state index contributed by atoms with van der Waals surface area (Å²) in [7, 11) is 0. The lowest BCUT2D eigenvalue weighted by Crippen LogP contribution is -2.36. The number of carboxylic acid groups (broad SMARTS) is 1. The van der Waals surface area contributed by atoms with Crippen LogP contribution in [-0.4, -0.2) is 34.6 Å². The summed E-state index contributed by atoms with van der Waals surface area (Å²) in [6, 6.07) is 1.38. The first-order valence-electron chi connectivity index (χ1n) is 6.80. The van der Waals surface area contributed by atoms with Crippen molar-refractivity contribution < 1.29 is 9.90 Å². The number of carbonyl (C=O) groups is 1. The average molecular weight is 245 g/mol. The van der Waals surface area contributed by atoms with Crippen LogP contribution in [0.2, 0.25) is 0 Å². The molecule has 0 aliphatic rings. The Balaban J connectivity index is 0. The molecule has 0 unspecified atom stereocenters. The lowest BCUT2D eigenvalue weighted by molar-refractivity contribution is -0.141. The SMILES string of the molecule is CCC(CC)C(=O)O.CCN(C(C)C)C(C)C. The zero-order chi connectivity index (χ0) is 14.0. The van der Waals surface area contributed by atoms with Gasteiger partial charge in [0.1, 0.15) is 0 Å². The van der Waals surface area contributed by atoms with Gasteiger partial charge in [0.2, 0.25) is 0 Å². The van der Waals surface area contributed by atoms with Gasteiger partial charge in [0.25, 0.3) is 0 Å². The molecule has 0 radical (unpaired) electrons. The quantitative estimate of drug-likeness (QED) is 0.777. The Hall–Kier alpha value is -0.570. The van der Waals surface area contributed by atoms with Crippen molar-refractivity contribution in [3.63, 3.8) is 0 Å². The Kier molecular flexibility index (Phi) is 11.7. The summed E-state index contributed by atoms with van der Waals surface area (Å²) in [6.45, 7) is 16.1. The summed E-state index contributed by atoms with van der Waals surface area (Å²) in [5.74, 6) is -0.801. The van der Waals surface area contributed by atoms with Crippen LogP contribution in [0.15, 0.2) is 0 Å². The molecule has 0 aromatic carbocycles. The zero-order valence-corrected chi connectivity index (χ0v) is 12.7. The molecule has 0 aromatic rings. The summed E-state index contributed by atoms with van der Waals surface area (Å²) in [4.78, 5) is 12.6. The van der Waals surface area contributed by atoms with Crippen LogP contribution in [0.1, 0.15) is 61.3 Å². The molecular formula is C14H31NO2. The number of hydrogen-bond donors (Lipinski definition) is 1. The van der Waals surface area contributed by atoms with Gasteiger partial charge in [0.05, 0.1) is 5.92 Å². The third kappa shape index (κ3) is 9.16. The monoisotopic (exact) mass is 245 g/mol. The van der Waals surface area contributed by atoms with Crippen molar-refractivity contribution in [2.75, 3.05) is 6.54 Å². The van der Waals surface area contributed by atoms with E-state index in [9.17, 15) is 4.79 Å². The lowest BCUT2D eigenvalue weighted by Gasteiger charge is -2.28.